The van der Waals surface area contributed by atoms with Crippen molar-refractivity contribution in [1.82, 2.24) is 9.78 Å². The van der Waals surface area contributed by atoms with Crippen LogP contribution in [-0.2, 0) is 6.54 Å². The van der Waals surface area contributed by atoms with E-state index in [1.54, 1.807) is 23.1 Å². The maximum atomic E-state index is 12.6. The first-order valence-corrected chi connectivity index (χ1v) is 4.13. The maximum absolute atomic E-state index is 12.6. The van der Waals surface area contributed by atoms with Crippen molar-refractivity contribution >= 4 is 0 Å². The molecule has 1 fully saturated rings. The van der Waals surface area contributed by atoms with Crippen LogP contribution in [0.15, 0.2) is 18.5 Å². The van der Waals surface area contributed by atoms with Crippen molar-refractivity contribution in [2.75, 3.05) is 0 Å². The number of rotatable bonds is 2. The number of nitrogens with zero attached hydrogens (tertiary/aromatic N) is 2. The molecule has 1 saturated carbocycles. The standard InChI is InChI=1S/C8H11F2N3/c9-8(10)4-7(11,5-8)6-13-3-1-2-12-13/h1-3H,4-6,11H2. The predicted octanol–water partition coefficient (Wildman–Crippen LogP) is 1.01. The van der Waals surface area contributed by atoms with Gasteiger partial charge in [-0.1, -0.05) is 0 Å². The fourth-order valence-electron chi connectivity index (χ4n) is 1.81. The van der Waals surface area contributed by atoms with Crippen LogP contribution in [0.25, 0.3) is 0 Å². The fraction of sp³-hybridized carbons (Fsp3) is 0.625. The molecule has 2 N–H and O–H groups in total. The highest BCUT2D eigenvalue weighted by molar-refractivity contribution is 5.03. The Hall–Kier alpha value is -0.970. The van der Waals surface area contributed by atoms with Crippen LogP contribution in [0.3, 0.4) is 0 Å². The molecule has 0 spiro atoms. The summed E-state index contributed by atoms with van der Waals surface area (Å²) in [6.45, 7) is 0.371. The van der Waals surface area contributed by atoms with Crippen LogP contribution in [0.1, 0.15) is 12.8 Å². The van der Waals surface area contributed by atoms with Gasteiger partial charge in [0.2, 0.25) is 0 Å². The lowest BCUT2D eigenvalue weighted by Crippen LogP contribution is -2.60. The van der Waals surface area contributed by atoms with Gasteiger partial charge in [-0.15, -0.1) is 0 Å². The van der Waals surface area contributed by atoms with Crippen LogP contribution in [-0.4, -0.2) is 21.2 Å². The van der Waals surface area contributed by atoms with Crippen molar-refractivity contribution in [1.29, 1.82) is 0 Å². The summed E-state index contributed by atoms with van der Waals surface area (Å²) in [5.41, 5.74) is 4.96. The van der Waals surface area contributed by atoms with Crippen LogP contribution in [0.4, 0.5) is 8.78 Å². The number of hydrogen-bond acceptors (Lipinski definition) is 2. The van der Waals surface area contributed by atoms with Gasteiger partial charge in [0, 0.05) is 30.8 Å². The second-order valence-electron chi connectivity index (χ2n) is 3.78. The Labute approximate surface area is 74.5 Å². The topological polar surface area (TPSA) is 43.8 Å². The van der Waals surface area contributed by atoms with E-state index in [9.17, 15) is 8.78 Å². The smallest absolute Gasteiger partial charge is 0.251 e. The first-order valence-electron chi connectivity index (χ1n) is 4.13. The average molecular weight is 187 g/mol. The summed E-state index contributed by atoms with van der Waals surface area (Å²) in [6, 6.07) is 1.75. The number of hydrogen-bond donors (Lipinski definition) is 1. The maximum Gasteiger partial charge on any atom is 0.251 e. The molecule has 0 aliphatic heterocycles. The number of alkyl halides is 2. The number of aromatic nitrogens is 2. The summed E-state index contributed by atoms with van der Waals surface area (Å²) in [5, 5.41) is 3.92. The van der Waals surface area contributed by atoms with E-state index in [2.05, 4.69) is 5.10 Å². The van der Waals surface area contributed by atoms with Crippen molar-refractivity contribution in [3.8, 4) is 0 Å². The van der Waals surface area contributed by atoms with E-state index in [0.29, 0.717) is 6.54 Å². The molecule has 13 heavy (non-hydrogen) atoms. The van der Waals surface area contributed by atoms with E-state index in [-0.39, 0.29) is 12.8 Å². The SMILES string of the molecule is NC1(Cn2cccn2)CC(F)(F)C1. The van der Waals surface area contributed by atoms with Crippen LogP contribution < -0.4 is 5.73 Å². The van der Waals surface area contributed by atoms with E-state index in [1.807, 2.05) is 0 Å². The summed E-state index contributed by atoms with van der Waals surface area (Å²) >= 11 is 0. The van der Waals surface area contributed by atoms with Crippen molar-refractivity contribution < 1.29 is 8.78 Å². The highest BCUT2D eigenvalue weighted by atomic mass is 19.3. The lowest BCUT2D eigenvalue weighted by Gasteiger charge is -2.44. The molecule has 2 rings (SSSR count). The summed E-state index contributed by atoms with van der Waals surface area (Å²) in [5.74, 6) is -2.57. The highest BCUT2D eigenvalue weighted by Crippen LogP contribution is 2.44. The molecule has 5 heteroatoms. The minimum Gasteiger partial charge on any atom is -0.323 e. The van der Waals surface area contributed by atoms with Crippen molar-refractivity contribution in [2.45, 2.75) is 30.8 Å². The Bertz CT molecular complexity index is 286. The predicted molar refractivity (Wildman–Crippen MR) is 43.3 cm³/mol. The molecule has 1 aliphatic carbocycles. The third-order valence-corrected chi connectivity index (χ3v) is 2.26. The second-order valence-corrected chi connectivity index (χ2v) is 3.78. The third-order valence-electron chi connectivity index (χ3n) is 2.26. The minimum atomic E-state index is -2.57. The number of nitrogens with two attached hydrogens (primary N) is 1. The minimum absolute atomic E-state index is 0.236. The molecular formula is C8H11F2N3. The zero-order valence-corrected chi connectivity index (χ0v) is 7.08. The second kappa shape index (κ2) is 2.51. The largest absolute Gasteiger partial charge is 0.323 e. The molecule has 3 nitrogen and oxygen atoms in total. The molecule has 0 unspecified atom stereocenters. The summed E-state index contributed by atoms with van der Waals surface area (Å²) < 4.78 is 26.7. The van der Waals surface area contributed by atoms with E-state index in [0.717, 1.165) is 0 Å². The van der Waals surface area contributed by atoms with Gasteiger partial charge in [-0.05, 0) is 6.07 Å². The normalized spacial score (nSPS) is 23.9. The van der Waals surface area contributed by atoms with Gasteiger partial charge in [0.05, 0.1) is 6.54 Å². The fourth-order valence-corrected chi connectivity index (χ4v) is 1.81. The molecule has 0 amide bonds. The Kier molecular flexibility index (Phi) is 1.66. The quantitative estimate of drug-likeness (QED) is 0.750. The summed E-state index contributed by atoms with van der Waals surface area (Å²) in [7, 11) is 0. The molecule has 0 radical (unpaired) electrons. The van der Waals surface area contributed by atoms with Gasteiger partial charge in [-0.3, -0.25) is 4.68 Å². The Morgan fingerprint density at radius 3 is 2.62 bits per heavy atom. The molecule has 1 aliphatic rings. The molecule has 0 saturated heterocycles. The molecule has 1 aromatic heterocycles. The molecule has 0 aromatic carbocycles. The molecule has 0 atom stereocenters. The van der Waals surface area contributed by atoms with Crippen LogP contribution in [0.2, 0.25) is 0 Å². The highest BCUT2D eigenvalue weighted by Gasteiger charge is 2.54. The van der Waals surface area contributed by atoms with Gasteiger partial charge >= 0.3 is 0 Å². The first-order chi connectivity index (χ1) is 5.99. The molecule has 1 heterocycles. The van der Waals surface area contributed by atoms with Crippen LogP contribution >= 0.6 is 0 Å². The summed E-state index contributed by atoms with van der Waals surface area (Å²) in [4.78, 5) is 0. The monoisotopic (exact) mass is 187 g/mol. The molecule has 0 bridgehead atoms. The molecule has 72 valence electrons. The third kappa shape index (κ3) is 1.70. The Morgan fingerprint density at radius 1 is 1.46 bits per heavy atom. The van der Waals surface area contributed by atoms with Crippen molar-refractivity contribution in [3.63, 3.8) is 0 Å². The van der Waals surface area contributed by atoms with Gasteiger partial charge in [0.1, 0.15) is 0 Å². The Morgan fingerprint density at radius 2 is 2.15 bits per heavy atom. The van der Waals surface area contributed by atoms with E-state index < -0.39 is 11.5 Å². The van der Waals surface area contributed by atoms with Gasteiger partial charge in [0.25, 0.3) is 5.92 Å². The van der Waals surface area contributed by atoms with Crippen molar-refractivity contribution in [3.05, 3.63) is 18.5 Å². The van der Waals surface area contributed by atoms with E-state index >= 15 is 0 Å². The van der Waals surface area contributed by atoms with Crippen molar-refractivity contribution in [2.24, 2.45) is 5.73 Å². The zero-order valence-electron chi connectivity index (χ0n) is 7.08. The lowest BCUT2D eigenvalue weighted by molar-refractivity contribution is -0.127. The molecule has 1 aromatic rings. The zero-order chi connectivity index (χ0) is 9.53. The van der Waals surface area contributed by atoms with Gasteiger partial charge in [-0.2, -0.15) is 5.10 Å². The Balaban J connectivity index is 1.97. The average Bonchev–Trinajstić information content (AvgIpc) is 2.33. The first kappa shape index (κ1) is 8.62. The van der Waals surface area contributed by atoms with E-state index in [1.165, 1.54) is 0 Å². The molecular weight excluding hydrogens is 176 g/mol. The van der Waals surface area contributed by atoms with Gasteiger partial charge in [0.15, 0.2) is 0 Å². The van der Waals surface area contributed by atoms with Gasteiger partial charge in [-0.25, -0.2) is 8.78 Å². The lowest BCUT2D eigenvalue weighted by atomic mass is 9.74. The van der Waals surface area contributed by atoms with Crippen LogP contribution in [0.5, 0.6) is 0 Å². The van der Waals surface area contributed by atoms with E-state index in [4.69, 9.17) is 5.73 Å². The van der Waals surface area contributed by atoms with Crippen LogP contribution in [0, 0.1) is 0 Å². The van der Waals surface area contributed by atoms with Gasteiger partial charge < -0.3 is 5.73 Å². The number of halogens is 2. The summed E-state index contributed by atoms with van der Waals surface area (Å²) in [6.07, 6.45) is 2.87.